The molecule has 0 amide bonds. The third kappa shape index (κ3) is 3.64. The molecule has 1 unspecified atom stereocenters. The lowest BCUT2D eigenvalue weighted by Gasteiger charge is -2.16. The Morgan fingerprint density at radius 2 is 2.16 bits per heavy atom. The van der Waals surface area contributed by atoms with Gasteiger partial charge in [0.25, 0.3) is 0 Å². The second kappa shape index (κ2) is 6.13. The van der Waals surface area contributed by atoms with E-state index in [-0.39, 0.29) is 6.10 Å². The van der Waals surface area contributed by atoms with Crippen molar-refractivity contribution in [2.75, 3.05) is 11.9 Å². The van der Waals surface area contributed by atoms with Gasteiger partial charge in [0.2, 0.25) is 0 Å². The Kier molecular flexibility index (Phi) is 4.28. The van der Waals surface area contributed by atoms with Crippen molar-refractivity contribution in [2.24, 2.45) is 0 Å². The van der Waals surface area contributed by atoms with Gasteiger partial charge in [-0.2, -0.15) is 0 Å². The van der Waals surface area contributed by atoms with Crippen LogP contribution in [0.25, 0.3) is 0 Å². The van der Waals surface area contributed by atoms with E-state index >= 15 is 0 Å². The van der Waals surface area contributed by atoms with Gasteiger partial charge in [0.1, 0.15) is 24.0 Å². The molecule has 0 aromatic carbocycles. The van der Waals surface area contributed by atoms with Crippen LogP contribution in [-0.4, -0.2) is 27.6 Å². The van der Waals surface area contributed by atoms with Crippen LogP contribution in [0.15, 0.2) is 30.9 Å². The number of nitrogens with zero attached hydrogens (tertiary/aromatic N) is 3. The number of hydrogen-bond donors (Lipinski definition) is 1. The van der Waals surface area contributed by atoms with Crippen molar-refractivity contribution in [3.05, 3.63) is 42.1 Å². The minimum atomic E-state index is 0.0267. The number of aromatic nitrogens is 3. The highest BCUT2D eigenvalue weighted by Gasteiger charge is 2.07. The lowest BCUT2D eigenvalue weighted by atomic mass is 10.2. The van der Waals surface area contributed by atoms with Crippen molar-refractivity contribution in [2.45, 2.75) is 26.9 Å². The second-order valence-electron chi connectivity index (χ2n) is 4.43. The van der Waals surface area contributed by atoms with Gasteiger partial charge in [-0.05, 0) is 32.9 Å². The molecule has 1 N–H and O–H groups in total. The third-order valence-corrected chi connectivity index (χ3v) is 2.86. The first kappa shape index (κ1) is 13.3. The van der Waals surface area contributed by atoms with Crippen molar-refractivity contribution in [3.63, 3.8) is 0 Å². The summed E-state index contributed by atoms with van der Waals surface area (Å²) in [5.41, 5.74) is 2.05. The molecule has 0 fully saturated rings. The molecule has 0 spiro atoms. The Balaban J connectivity index is 1.90. The molecule has 2 rings (SSSR count). The van der Waals surface area contributed by atoms with E-state index in [2.05, 4.69) is 20.3 Å². The van der Waals surface area contributed by atoms with E-state index in [0.717, 1.165) is 22.8 Å². The molecule has 0 bridgehead atoms. The lowest BCUT2D eigenvalue weighted by molar-refractivity contribution is 0.233. The van der Waals surface area contributed by atoms with Gasteiger partial charge in [0.15, 0.2) is 0 Å². The molecule has 0 aliphatic carbocycles. The van der Waals surface area contributed by atoms with E-state index in [9.17, 15) is 0 Å². The zero-order valence-corrected chi connectivity index (χ0v) is 11.4. The maximum atomic E-state index is 5.74. The van der Waals surface area contributed by atoms with Crippen molar-refractivity contribution in [1.82, 2.24) is 15.0 Å². The summed E-state index contributed by atoms with van der Waals surface area (Å²) < 4.78 is 5.74. The summed E-state index contributed by atoms with van der Waals surface area (Å²) in [6.45, 7) is 6.65. The van der Waals surface area contributed by atoms with E-state index in [0.29, 0.717) is 6.54 Å². The van der Waals surface area contributed by atoms with E-state index in [1.807, 2.05) is 32.9 Å². The summed E-state index contributed by atoms with van der Waals surface area (Å²) in [7, 11) is 0. The summed E-state index contributed by atoms with van der Waals surface area (Å²) in [6, 6.07) is 3.75. The maximum Gasteiger partial charge on any atom is 0.138 e. The van der Waals surface area contributed by atoms with Crippen molar-refractivity contribution in [1.29, 1.82) is 0 Å². The maximum absolute atomic E-state index is 5.74. The first-order valence-electron chi connectivity index (χ1n) is 6.25. The van der Waals surface area contributed by atoms with E-state index < -0.39 is 0 Å². The van der Waals surface area contributed by atoms with Crippen LogP contribution in [0.1, 0.15) is 18.2 Å². The average molecular weight is 258 g/mol. The third-order valence-electron chi connectivity index (χ3n) is 2.86. The number of nitrogens with one attached hydrogen (secondary N) is 1. The van der Waals surface area contributed by atoms with Gasteiger partial charge in [0, 0.05) is 17.5 Å². The molecule has 0 saturated carbocycles. The first-order chi connectivity index (χ1) is 9.16. The molecule has 0 radical (unpaired) electrons. The molecule has 5 nitrogen and oxygen atoms in total. The zero-order chi connectivity index (χ0) is 13.7. The summed E-state index contributed by atoms with van der Waals surface area (Å²) in [6.07, 6.45) is 5.02. The predicted molar refractivity (Wildman–Crippen MR) is 74.3 cm³/mol. The monoisotopic (exact) mass is 258 g/mol. The molecule has 2 aromatic rings. The smallest absolute Gasteiger partial charge is 0.138 e. The van der Waals surface area contributed by atoms with Crippen molar-refractivity contribution < 1.29 is 4.74 Å². The molecule has 0 saturated heterocycles. The SMILES string of the molecule is Cc1ncnc(NCC(C)Oc2cccnc2)c1C. The fraction of sp³-hybridized carbons (Fsp3) is 0.357. The highest BCUT2D eigenvalue weighted by molar-refractivity contribution is 5.44. The summed E-state index contributed by atoms with van der Waals surface area (Å²) in [5.74, 6) is 1.63. The van der Waals surface area contributed by atoms with Crippen LogP contribution < -0.4 is 10.1 Å². The van der Waals surface area contributed by atoms with Crippen LogP contribution in [-0.2, 0) is 0 Å². The van der Waals surface area contributed by atoms with Gasteiger partial charge in [-0.25, -0.2) is 9.97 Å². The zero-order valence-electron chi connectivity index (χ0n) is 11.4. The highest BCUT2D eigenvalue weighted by atomic mass is 16.5. The predicted octanol–water partition coefficient (Wildman–Crippen LogP) is 2.37. The minimum absolute atomic E-state index is 0.0267. The van der Waals surface area contributed by atoms with Crippen molar-refractivity contribution in [3.8, 4) is 5.75 Å². The van der Waals surface area contributed by atoms with Gasteiger partial charge in [-0.15, -0.1) is 0 Å². The number of hydrogen-bond acceptors (Lipinski definition) is 5. The second-order valence-corrected chi connectivity index (χ2v) is 4.43. The molecule has 0 aliphatic rings. The van der Waals surface area contributed by atoms with Gasteiger partial charge >= 0.3 is 0 Å². The van der Waals surface area contributed by atoms with E-state index in [1.165, 1.54) is 0 Å². The molecule has 19 heavy (non-hydrogen) atoms. The Hall–Kier alpha value is -2.17. The van der Waals surface area contributed by atoms with E-state index in [1.54, 1.807) is 18.7 Å². The number of pyridine rings is 1. The van der Waals surface area contributed by atoms with Crippen molar-refractivity contribution >= 4 is 5.82 Å². The normalized spacial score (nSPS) is 11.9. The minimum Gasteiger partial charge on any atom is -0.487 e. The largest absolute Gasteiger partial charge is 0.487 e. The van der Waals surface area contributed by atoms with Crippen LogP contribution in [0.2, 0.25) is 0 Å². The summed E-state index contributed by atoms with van der Waals surface area (Å²) in [5, 5.41) is 3.28. The number of anilines is 1. The van der Waals surface area contributed by atoms with E-state index in [4.69, 9.17) is 4.74 Å². The molecular weight excluding hydrogens is 240 g/mol. The Bertz CT molecular complexity index is 530. The number of rotatable bonds is 5. The summed E-state index contributed by atoms with van der Waals surface area (Å²) >= 11 is 0. The summed E-state index contributed by atoms with van der Waals surface area (Å²) in [4.78, 5) is 12.4. The topological polar surface area (TPSA) is 59.9 Å². The fourth-order valence-electron chi connectivity index (χ4n) is 1.65. The van der Waals surface area contributed by atoms with Gasteiger partial charge < -0.3 is 10.1 Å². The fourth-order valence-corrected chi connectivity index (χ4v) is 1.65. The van der Waals surface area contributed by atoms with Crippen LogP contribution >= 0.6 is 0 Å². The van der Waals surface area contributed by atoms with Gasteiger partial charge in [-0.3, -0.25) is 4.98 Å². The molecule has 0 aliphatic heterocycles. The Morgan fingerprint density at radius 1 is 1.32 bits per heavy atom. The average Bonchev–Trinajstić information content (AvgIpc) is 2.42. The molecular formula is C14H18N4O. The Labute approximate surface area is 113 Å². The van der Waals surface area contributed by atoms with Crippen LogP contribution in [0.3, 0.4) is 0 Å². The number of ether oxygens (including phenoxy) is 1. The Morgan fingerprint density at radius 3 is 2.89 bits per heavy atom. The van der Waals surface area contributed by atoms with Crippen LogP contribution in [0, 0.1) is 13.8 Å². The quantitative estimate of drug-likeness (QED) is 0.892. The standard InChI is InChI=1S/C14H18N4O/c1-10(19-13-5-4-6-15-8-13)7-16-14-11(2)12(3)17-9-18-14/h4-6,8-10H,7H2,1-3H3,(H,16,17,18). The molecule has 1 atom stereocenters. The van der Waals surface area contributed by atoms with Gasteiger partial charge in [-0.1, -0.05) is 0 Å². The van der Waals surface area contributed by atoms with Crippen LogP contribution in [0.4, 0.5) is 5.82 Å². The van der Waals surface area contributed by atoms with Crippen LogP contribution in [0.5, 0.6) is 5.75 Å². The number of aryl methyl sites for hydroxylation is 1. The lowest BCUT2D eigenvalue weighted by Crippen LogP contribution is -2.23. The molecule has 2 heterocycles. The molecule has 5 heteroatoms. The first-order valence-corrected chi connectivity index (χ1v) is 6.25. The molecule has 2 aromatic heterocycles. The highest BCUT2D eigenvalue weighted by Crippen LogP contribution is 2.13. The van der Waals surface area contributed by atoms with Gasteiger partial charge in [0.05, 0.1) is 12.7 Å². The molecule has 100 valence electrons.